The molecule has 1 aliphatic rings. The number of likely N-dealkylation sites (N-methyl/N-ethyl adjacent to an activating group) is 2. The van der Waals surface area contributed by atoms with Gasteiger partial charge in [0.25, 0.3) is 5.91 Å². The average molecular weight is 516 g/mol. The zero-order chi connectivity index (χ0) is 26.9. The molecule has 2 heterocycles. The van der Waals surface area contributed by atoms with E-state index in [2.05, 4.69) is 51.2 Å². The molecule has 9 nitrogen and oxygen atoms in total. The molecule has 1 amide bonds. The van der Waals surface area contributed by atoms with Gasteiger partial charge in [0.15, 0.2) is 11.5 Å². The molecule has 0 unspecified atom stereocenters. The highest BCUT2D eigenvalue weighted by molar-refractivity contribution is 5.96. The fourth-order valence-electron chi connectivity index (χ4n) is 4.39. The maximum absolute atomic E-state index is 12.1. The van der Waals surface area contributed by atoms with E-state index in [-0.39, 0.29) is 5.69 Å². The minimum atomic E-state index is -0.633. The average Bonchev–Trinajstić information content (AvgIpc) is 2.92. The van der Waals surface area contributed by atoms with Crippen LogP contribution >= 0.6 is 0 Å². The molecule has 4 rings (SSSR count). The number of carbonyl (C=O) groups excluding carboxylic acids is 1. The number of aromatic nitrogens is 2. The van der Waals surface area contributed by atoms with E-state index in [1.165, 1.54) is 0 Å². The van der Waals surface area contributed by atoms with Gasteiger partial charge in [-0.1, -0.05) is 30.4 Å². The molecule has 38 heavy (non-hydrogen) atoms. The minimum Gasteiger partial charge on any atom is -0.457 e. The lowest BCUT2D eigenvalue weighted by Crippen LogP contribution is -2.47. The molecule has 0 radical (unpaired) electrons. The zero-order valence-corrected chi connectivity index (χ0v) is 22.4. The number of ether oxygens (including phenoxy) is 1. The third-order valence-electron chi connectivity index (χ3n) is 6.48. The Morgan fingerprint density at radius 1 is 1.11 bits per heavy atom. The Morgan fingerprint density at radius 3 is 2.55 bits per heavy atom. The normalized spacial score (nSPS) is 16.1. The van der Waals surface area contributed by atoms with Gasteiger partial charge in [-0.3, -0.25) is 9.69 Å². The first-order valence-corrected chi connectivity index (χ1v) is 12.9. The Bertz CT molecular complexity index is 1220. The number of rotatable bonds is 11. The summed E-state index contributed by atoms with van der Waals surface area (Å²) in [5, 5.41) is 3.22. The van der Waals surface area contributed by atoms with Gasteiger partial charge in [0.1, 0.15) is 17.3 Å². The van der Waals surface area contributed by atoms with Gasteiger partial charge in [-0.15, -0.1) is 0 Å². The summed E-state index contributed by atoms with van der Waals surface area (Å²) in [5.74, 6) is 1.85. The molecule has 1 aromatic heterocycles. The van der Waals surface area contributed by atoms with E-state index >= 15 is 0 Å². The number of nitrogens with zero attached hydrogens (tertiary/aromatic N) is 5. The number of anilines is 3. The molecule has 1 atom stereocenters. The quantitative estimate of drug-likeness (QED) is 0.368. The Labute approximate surface area is 224 Å². The SMILES string of the molecule is CN(C)C/C=C/CN1CCC[C@@H](N(C)c2cnc(C(N)=O)c(Nc3ccc(Oc4ccccc4)cc3)n2)C1. The van der Waals surface area contributed by atoms with Crippen molar-refractivity contribution in [1.82, 2.24) is 19.8 Å². The Balaban J connectivity index is 1.44. The summed E-state index contributed by atoms with van der Waals surface area (Å²) in [4.78, 5) is 28.0. The van der Waals surface area contributed by atoms with Gasteiger partial charge < -0.3 is 25.6 Å². The van der Waals surface area contributed by atoms with E-state index in [0.29, 0.717) is 23.4 Å². The largest absolute Gasteiger partial charge is 0.457 e. The highest BCUT2D eigenvalue weighted by Crippen LogP contribution is 2.27. The summed E-state index contributed by atoms with van der Waals surface area (Å²) < 4.78 is 5.87. The minimum absolute atomic E-state index is 0.100. The monoisotopic (exact) mass is 515 g/mol. The lowest BCUT2D eigenvalue weighted by atomic mass is 10.0. The van der Waals surface area contributed by atoms with E-state index in [1.54, 1.807) is 6.20 Å². The molecule has 0 saturated carbocycles. The molecular weight excluding hydrogens is 478 g/mol. The van der Waals surface area contributed by atoms with Crippen molar-refractivity contribution >= 4 is 23.2 Å². The molecule has 1 aliphatic heterocycles. The Morgan fingerprint density at radius 2 is 1.84 bits per heavy atom. The van der Waals surface area contributed by atoms with Crippen LogP contribution in [0.5, 0.6) is 11.5 Å². The third kappa shape index (κ3) is 7.53. The van der Waals surface area contributed by atoms with Crippen LogP contribution in [-0.2, 0) is 0 Å². The van der Waals surface area contributed by atoms with Crippen LogP contribution in [0, 0.1) is 0 Å². The third-order valence-corrected chi connectivity index (χ3v) is 6.48. The van der Waals surface area contributed by atoms with E-state index in [9.17, 15) is 4.79 Å². The van der Waals surface area contributed by atoms with Crippen molar-refractivity contribution in [2.75, 3.05) is 57.5 Å². The first kappa shape index (κ1) is 27.1. The van der Waals surface area contributed by atoms with E-state index < -0.39 is 5.91 Å². The summed E-state index contributed by atoms with van der Waals surface area (Å²) in [6.07, 6.45) is 8.25. The van der Waals surface area contributed by atoms with E-state index in [4.69, 9.17) is 15.5 Å². The fourth-order valence-corrected chi connectivity index (χ4v) is 4.39. The van der Waals surface area contributed by atoms with Crippen molar-refractivity contribution in [2.45, 2.75) is 18.9 Å². The van der Waals surface area contributed by atoms with Crippen LogP contribution in [0.2, 0.25) is 0 Å². The van der Waals surface area contributed by atoms with E-state index in [0.717, 1.165) is 50.5 Å². The van der Waals surface area contributed by atoms with Crippen LogP contribution in [0.15, 0.2) is 72.9 Å². The summed E-state index contributed by atoms with van der Waals surface area (Å²) in [7, 11) is 6.17. The van der Waals surface area contributed by atoms with Crippen LogP contribution in [0.4, 0.5) is 17.3 Å². The van der Waals surface area contributed by atoms with Gasteiger partial charge in [-0.05, 0) is 69.9 Å². The second-order valence-corrected chi connectivity index (χ2v) is 9.75. The number of benzene rings is 2. The predicted octanol–water partition coefficient (Wildman–Crippen LogP) is 4.13. The first-order chi connectivity index (χ1) is 18.4. The maximum Gasteiger partial charge on any atom is 0.271 e. The molecule has 0 spiro atoms. The number of primary amides is 1. The summed E-state index contributed by atoms with van der Waals surface area (Å²) in [6, 6.07) is 17.3. The summed E-state index contributed by atoms with van der Waals surface area (Å²) >= 11 is 0. The van der Waals surface area contributed by atoms with Gasteiger partial charge in [-0.2, -0.15) is 0 Å². The molecule has 0 aliphatic carbocycles. The van der Waals surface area contributed by atoms with Crippen molar-refractivity contribution < 1.29 is 9.53 Å². The molecular formula is C29H37N7O2. The van der Waals surface area contributed by atoms with Crippen LogP contribution in [0.1, 0.15) is 23.3 Å². The fraction of sp³-hybridized carbons (Fsp3) is 0.345. The number of carbonyl (C=O) groups is 1. The summed E-state index contributed by atoms with van der Waals surface area (Å²) in [6.45, 7) is 3.90. The van der Waals surface area contributed by atoms with Crippen LogP contribution in [0.3, 0.4) is 0 Å². The standard InChI is InChI=1S/C29H37N7O2/c1-34(2)17-7-8-18-36-19-9-10-23(21-36)35(3)26-20-31-27(28(30)37)29(33-26)32-22-13-15-25(16-14-22)38-24-11-5-4-6-12-24/h4-8,11-16,20,23H,9-10,17-19,21H2,1-3H3,(H2,30,37)(H,32,33)/b8-7+/t23-/m1/s1. The van der Waals surface area contributed by atoms with Crippen molar-refractivity contribution in [3.63, 3.8) is 0 Å². The topological polar surface area (TPSA) is 99.8 Å². The van der Waals surface area contributed by atoms with Crippen molar-refractivity contribution in [1.29, 1.82) is 0 Å². The number of nitrogens with one attached hydrogen (secondary N) is 1. The van der Waals surface area contributed by atoms with Gasteiger partial charge in [0, 0.05) is 38.4 Å². The smallest absolute Gasteiger partial charge is 0.271 e. The number of para-hydroxylation sites is 1. The number of amides is 1. The molecule has 2 aromatic carbocycles. The molecule has 1 fully saturated rings. The number of hydrogen-bond donors (Lipinski definition) is 2. The highest BCUT2D eigenvalue weighted by atomic mass is 16.5. The van der Waals surface area contributed by atoms with Crippen LogP contribution in [-0.4, -0.2) is 79.0 Å². The highest BCUT2D eigenvalue weighted by Gasteiger charge is 2.25. The predicted molar refractivity (Wildman–Crippen MR) is 152 cm³/mol. The number of hydrogen-bond acceptors (Lipinski definition) is 8. The lowest BCUT2D eigenvalue weighted by molar-refractivity contribution is 0.0996. The molecule has 200 valence electrons. The molecule has 9 heteroatoms. The Kier molecular flexibility index (Phi) is 9.29. The number of nitrogens with two attached hydrogens (primary N) is 1. The maximum atomic E-state index is 12.1. The van der Waals surface area contributed by atoms with Gasteiger partial charge in [0.2, 0.25) is 0 Å². The molecule has 0 bridgehead atoms. The van der Waals surface area contributed by atoms with Crippen molar-refractivity contribution in [2.24, 2.45) is 5.73 Å². The van der Waals surface area contributed by atoms with Gasteiger partial charge in [-0.25, -0.2) is 9.97 Å². The number of piperidine rings is 1. The van der Waals surface area contributed by atoms with Crippen molar-refractivity contribution in [3.05, 3.63) is 78.6 Å². The summed E-state index contributed by atoms with van der Waals surface area (Å²) in [5.41, 5.74) is 6.46. The molecule has 3 aromatic rings. The lowest BCUT2D eigenvalue weighted by Gasteiger charge is -2.37. The number of likely N-dealkylation sites (tertiary alicyclic amines) is 1. The van der Waals surface area contributed by atoms with Gasteiger partial charge in [0.05, 0.1) is 6.20 Å². The second kappa shape index (κ2) is 13.0. The molecule has 3 N–H and O–H groups in total. The Hall–Kier alpha value is -3.95. The van der Waals surface area contributed by atoms with Crippen molar-refractivity contribution in [3.8, 4) is 11.5 Å². The first-order valence-electron chi connectivity index (χ1n) is 12.9. The van der Waals surface area contributed by atoms with Crippen LogP contribution in [0.25, 0.3) is 0 Å². The van der Waals surface area contributed by atoms with Gasteiger partial charge >= 0.3 is 0 Å². The molecule has 1 saturated heterocycles. The second-order valence-electron chi connectivity index (χ2n) is 9.75. The van der Waals surface area contributed by atoms with Crippen LogP contribution < -0.4 is 20.7 Å². The van der Waals surface area contributed by atoms with E-state index in [1.807, 2.05) is 61.6 Å². The zero-order valence-electron chi connectivity index (χ0n) is 22.4.